The van der Waals surface area contributed by atoms with Crippen LogP contribution in [0, 0.1) is 6.92 Å². The van der Waals surface area contributed by atoms with Crippen LogP contribution in [0.3, 0.4) is 0 Å². The van der Waals surface area contributed by atoms with Gasteiger partial charge in [0.15, 0.2) is 0 Å². The van der Waals surface area contributed by atoms with Crippen LogP contribution >= 0.6 is 15.9 Å². The molecule has 0 aliphatic heterocycles. The highest BCUT2D eigenvalue weighted by Gasteiger charge is 2.26. The average Bonchev–Trinajstić information content (AvgIpc) is 2.55. The van der Waals surface area contributed by atoms with E-state index in [9.17, 15) is 8.42 Å². The van der Waals surface area contributed by atoms with E-state index in [0.29, 0.717) is 11.5 Å². The lowest BCUT2D eigenvalue weighted by Crippen LogP contribution is -2.27. The van der Waals surface area contributed by atoms with Crippen molar-refractivity contribution in [1.82, 2.24) is 4.31 Å². The number of hydrogen-bond acceptors (Lipinski definition) is 4. The molecule has 0 aromatic heterocycles. The van der Waals surface area contributed by atoms with Gasteiger partial charge in [-0.2, -0.15) is 4.31 Å². The molecule has 0 radical (unpaired) electrons. The Bertz CT molecular complexity index is 836. The van der Waals surface area contributed by atoms with E-state index < -0.39 is 10.0 Å². The monoisotopic (exact) mass is 413 g/mol. The zero-order chi connectivity index (χ0) is 17.9. The molecular weight excluding hydrogens is 394 g/mol. The van der Waals surface area contributed by atoms with Gasteiger partial charge >= 0.3 is 0 Å². The summed E-state index contributed by atoms with van der Waals surface area (Å²) in [5.41, 5.74) is 1.62. The van der Waals surface area contributed by atoms with E-state index >= 15 is 0 Å². The quantitative estimate of drug-likeness (QED) is 0.725. The van der Waals surface area contributed by atoms with E-state index in [1.165, 1.54) is 18.5 Å². The third kappa shape index (κ3) is 3.91. The number of nitrogens with zero attached hydrogens (tertiary/aromatic N) is 1. The zero-order valence-electron chi connectivity index (χ0n) is 14.0. The number of methoxy groups -OCH3 is 2. The van der Waals surface area contributed by atoms with Gasteiger partial charge in [0.2, 0.25) is 10.0 Å². The minimum Gasteiger partial charge on any atom is -0.496 e. The predicted molar refractivity (Wildman–Crippen MR) is 97.1 cm³/mol. The van der Waals surface area contributed by atoms with Crippen LogP contribution in [0.15, 0.2) is 45.8 Å². The first-order valence-electron chi connectivity index (χ1n) is 7.23. The number of ether oxygens (including phenoxy) is 2. The minimum absolute atomic E-state index is 0.154. The number of hydrogen-bond donors (Lipinski definition) is 0. The summed E-state index contributed by atoms with van der Waals surface area (Å²) in [6.45, 7) is 2.03. The Balaban J connectivity index is 2.40. The first kappa shape index (κ1) is 18.8. The fourth-order valence-electron chi connectivity index (χ4n) is 2.35. The van der Waals surface area contributed by atoms with Crippen LogP contribution in [0.2, 0.25) is 0 Å². The molecule has 0 spiro atoms. The van der Waals surface area contributed by atoms with Crippen LogP contribution in [0.25, 0.3) is 0 Å². The summed E-state index contributed by atoms with van der Waals surface area (Å²) in [6.07, 6.45) is 0. The molecule has 0 saturated heterocycles. The van der Waals surface area contributed by atoms with Gasteiger partial charge in [0.05, 0.1) is 14.2 Å². The lowest BCUT2D eigenvalue weighted by Gasteiger charge is -2.20. The molecule has 2 aromatic rings. The van der Waals surface area contributed by atoms with Crippen molar-refractivity contribution in [2.45, 2.75) is 18.4 Å². The maximum atomic E-state index is 12.9. The smallest absolute Gasteiger partial charge is 0.246 e. The molecule has 0 saturated carbocycles. The molecular formula is C17H20BrNO4S. The summed E-state index contributed by atoms with van der Waals surface area (Å²) in [5.74, 6) is 0.963. The van der Waals surface area contributed by atoms with Crippen molar-refractivity contribution in [1.29, 1.82) is 0 Å². The minimum atomic E-state index is -3.70. The van der Waals surface area contributed by atoms with E-state index in [0.717, 1.165) is 15.6 Å². The molecule has 0 aliphatic rings. The molecule has 0 fully saturated rings. The highest BCUT2D eigenvalue weighted by Crippen LogP contribution is 2.30. The van der Waals surface area contributed by atoms with Crippen molar-refractivity contribution in [3.63, 3.8) is 0 Å². The van der Waals surface area contributed by atoms with Crippen molar-refractivity contribution in [3.05, 3.63) is 52.0 Å². The summed E-state index contributed by atoms with van der Waals surface area (Å²) in [6, 6.07) is 10.6. The molecule has 2 aromatic carbocycles. The summed E-state index contributed by atoms with van der Waals surface area (Å²) in [7, 11) is 0.856. The third-order valence-corrected chi connectivity index (χ3v) is 5.96. The topological polar surface area (TPSA) is 55.8 Å². The molecule has 130 valence electrons. The molecule has 0 heterocycles. The molecule has 0 bridgehead atoms. The summed E-state index contributed by atoms with van der Waals surface area (Å²) in [4.78, 5) is 0.154. The largest absolute Gasteiger partial charge is 0.496 e. The van der Waals surface area contributed by atoms with E-state index in [-0.39, 0.29) is 11.4 Å². The van der Waals surface area contributed by atoms with Crippen molar-refractivity contribution in [2.24, 2.45) is 0 Å². The first-order chi connectivity index (χ1) is 11.3. The Morgan fingerprint density at radius 1 is 1.04 bits per heavy atom. The number of sulfonamides is 1. The number of rotatable bonds is 6. The number of benzene rings is 2. The van der Waals surface area contributed by atoms with Gasteiger partial charge in [0.1, 0.15) is 16.4 Å². The first-order valence-corrected chi connectivity index (χ1v) is 9.46. The second-order valence-electron chi connectivity index (χ2n) is 5.37. The van der Waals surface area contributed by atoms with Crippen molar-refractivity contribution in [2.75, 3.05) is 21.3 Å². The Kier molecular flexibility index (Phi) is 5.90. The molecule has 5 nitrogen and oxygen atoms in total. The third-order valence-electron chi connectivity index (χ3n) is 3.64. The maximum absolute atomic E-state index is 12.9. The van der Waals surface area contributed by atoms with E-state index in [4.69, 9.17) is 9.47 Å². The highest BCUT2D eigenvalue weighted by molar-refractivity contribution is 9.10. The Labute approximate surface area is 151 Å². The summed E-state index contributed by atoms with van der Waals surface area (Å²) < 4.78 is 38.6. The molecule has 7 heteroatoms. The van der Waals surface area contributed by atoms with E-state index in [2.05, 4.69) is 15.9 Å². The highest BCUT2D eigenvalue weighted by atomic mass is 79.9. The summed E-state index contributed by atoms with van der Waals surface area (Å²) in [5, 5.41) is 0. The fraction of sp³-hybridized carbons (Fsp3) is 0.294. The Morgan fingerprint density at radius 2 is 1.67 bits per heavy atom. The lowest BCUT2D eigenvalue weighted by atomic mass is 10.2. The molecule has 0 amide bonds. The molecule has 0 atom stereocenters. The Hall–Kier alpha value is -1.57. The lowest BCUT2D eigenvalue weighted by molar-refractivity contribution is 0.391. The molecule has 0 aliphatic carbocycles. The fourth-order valence-corrected chi connectivity index (χ4v) is 4.14. The summed E-state index contributed by atoms with van der Waals surface area (Å²) >= 11 is 3.40. The van der Waals surface area contributed by atoms with Gasteiger partial charge in [-0.25, -0.2) is 8.42 Å². The normalized spacial score (nSPS) is 11.6. The van der Waals surface area contributed by atoms with Crippen LogP contribution in [-0.2, 0) is 16.6 Å². The van der Waals surface area contributed by atoms with Crippen LogP contribution < -0.4 is 9.47 Å². The SMILES string of the molecule is COc1ccc(Br)cc1CN(C)S(=O)(=O)c1cc(C)ccc1OC. The van der Waals surface area contributed by atoms with Gasteiger partial charge in [0.25, 0.3) is 0 Å². The van der Waals surface area contributed by atoms with Crippen molar-refractivity contribution < 1.29 is 17.9 Å². The molecule has 24 heavy (non-hydrogen) atoms. The van der Waals surface area contributed by atoms with Gasteiger partial charge in [-0.15, -0.1) is 0 Å². The van der Waals surface area contributed by atoms with Gasteiger partial charge in [0, 0.05) is 23.6 Å². The average molecular weight is 414 g/mol. The zero-order valence-corrected chi connectivity index (χ0v) is 16.4. The van der Waals surface area contributed by atoms with Gasteiger partial charge in [-0.05, 0) is 42.8 Å². The van der Waals surface area contributed by atoms with Gasteiger partial charge < -0.3 is 9.47 Å². The van der Waals surface area contributed by atoms with E-state index in [1.54, 1.807) is 25.3 Å². The van der Waals surface area contributed by atoms with Crippen LogP contribution in [0.5, 0.6) is 11.5 Å². The number of halogens is 1. The Morgan fingerprint density at radius 3 is 2.29 bits per heavy atom. The van der Waals surface area contributed by atoms with Gasteiger partial charge in [-0.1, -0.05) is 22.0 Å². The van der Waals surface area contributed by atoms with Crippen molar-refractivity contribution in [3.8, 4) is 11.5 Å². The second kappa shape index (κ2) is 7.55. The van der Waals surface area contributed by atoms with Crippen LogP contribution in [-0.4, -0.2) is 34.0 Å². The maximum Gasteiger partial charge on any atom is 0.246 e. The number of aryl methyl sites for hydroxylation is 1. The van der Waals surface area contributed by atoms with Crippen LogP contribution in [0.4, 0.5) is 0 Å². The molecule has 0 N–H and O–H groups in total. The standard InChI is InChI=1S/C17H20BrNO4S/c1-12-5-7-16(23-4)17(9-12)24(20,21)19(2)11-13-10-14(18)6-8-15(13)22-3/h5-10H,11H2,1-4H3. The molecule has 2 rings (SSSR count). The molecule has 0 unspecified atom stereocenters. The van der Waals surface area contributed by atoms with Gasteiger partial charge in [-0.3, -0.25) is 0 Å². The van der Waals surface area contributed by atoms with Crippen molar-refractivity contribution >= 4 is 26.0 Å². The van der Waals surface area contributed by atoms with Crippen LogP contribution in [0.1, 0.15) is 11.1 Å². The second-order valence-corrected chi connectivity index (χ2v) is 8.30. The van der Waals surface area contributed by atoms with E-state index in [1.807, 2.05) is 25.1 Å². The predicted octanol–water partition coefficient (Wildman–Crippen LogP) is 3.60.